The van der Waals surface area contributed by atoms with Crippen LogP contribution in [0.15, 0.2) is 76.8 Å². The molecule has 3 rings (SSSR count). The molecule has 0 aliphatic heterocycles. The molecule has 3 aromatic rings. The minimum atomic E-state index is -5.34. The Morgan fingerprint density at radius 3 is 2.10 bits per heavy atom. The van der Waals surface area contributed by atoms with Crippen molar-refractivity contribution in [3.05, 3.63) is 89.3 Å². The third-order valence-corrected chi connectivity index (χ3v) is 6.80. The fourth-order valence-electron chi connectivity index (χ4n) is 3.96. The predicted molar refractivity (Wildman–Crippen MR) is 142 cm³/mol. The molecule has 0 saturated carbocycles. The van der Waals surface area contributed by atoms with E-state index in [-0.39, 0.29) is 17.3 Å². The Morgan fingerprint density at radius 1 is 0.875 bits per heavy atom. The molecule has 0 aliphatic rings. The van der Waals surface area contributed by atoms with Crippen molar-refractivity contribution in [2.45, 2.75) is 55.4 Å². The normalized spacial score (nSPS) is 12.1. The molecule has 2 aromatic carbocycles. The minimum absolute atomic E-state index is 0.0882. The van der Waals surface area contributed by atoms with Crippen LogP contribution in [0.2, 0.25) is 0 Å². The largest absolute Gasteiger partial charge is 0.488 e. The van der Waals surface area contributed by atoms with Crippen LogP contribution in [0.4, 0.5) is 26.3 Å². The van der Waals surface area contributed by atoms with Gasteiger partial charge in [0, 0.05) is 36.5 Å². The number of alkyl halides is 6. The van der Waals surface area contributed by atoms with E-state index in [1.165, 1.54) is 17.0 Å². The Labute approximate surface area is 233 Å². The molecule has 0 aliphatic carbocycles. The highest BCUT2D eigenvalue weighted by molar-refractivity contribution is 7.99. The Balaban J connectivity index is 2.03. The van der Waals surface area contributed by atoms with E-state index in [4.69, 9.17) is 4.74 Å². The number of carbonyl (C=O) groups is 1. The molecule has 1 heterocycles. The van der Waals surface area contributed by atoms with Gasteiger partial charge in [-0.3, -0.25) is 9.78 Å². The number of para-hydroxylation sites is 1. The van der Waals surface area contributed by atoms with Crippen LogP contribution < -0.4 is 4.74 Å². The first-order valence-corrected chi connectivity index (χ1v) is 13.3. The van der Waals surface area contributed by atoms with Gasteiger partial charge in [-0.2, -0.15) is 26.3 Å². The van der Waals surface area contributed by atoms with Gasteiger partial charge in [0.25, 0.3) is 0 Å². The molecular formula is C29H28F6N2O2S. The SMILES string of the molecule is CCCN(CCC)C(=O)/C=C/c1ccc(Sc2ccccc2OCc2ccncc2)c(C(F)(F)F)c1C(F)(F)F. The molecule has 0 N–H and O–H groups in total. The molecule has 11 heteroatoms. The topological polar surface area (TPSA) is 42.4 Å². The van der Waals surface area contributed by atoms with Crippen LogP contribution >= 0.6 is 11.8 Å². The highest BCUT2D eigenvalue weighted by atomic mass is 32.2. The summed E-state index contributed by atoms with van der Waals surface area (Å²) in [6.45, 7) is 4.54. The summed E-state index contributed by atoms with van der Waals surface area (Å²) in [5.41, 5.74) is -3.65. The molecule has 4 nitrogen and oxygen atoms in total. The van der Waals surface area contributed by atoms with Gasteiger partial charge in [0.2, 0.25) is 5.91 Å². The molecule has 0 saturated heterocycles. The van der Waals surface area contributed by atoms with E-state index >= 15 is 0 Å². The van der Waals surface area contributed by atoms with Crippen LogP contribution in [0.1, 0.15) is 48.9 Å². The lowest BCUT2D eigenvalue weighted by Crippen LogP contribution is -2.30. The van der Waals surface area contributed by atoms with Gasteiger partial charge in [0.05, 0.1) is 16.0 Å². The number of rotatable bonds is 11. The van der Waals surface area contributed by atoms with Gasteiger partial charge in [-0.05, 0) is 60.4 Å². The van der Waals surface area contributed by atoms with E-state index in [1.54, 1.807) is 36.7 Å². The fraction of sp³-hybridized carbons (Fsp3) is 0.310. The summed E-state index contributed by atoms with van der Waals surface area (Å²) < 4.78 is 91.2. The van der Waals surface area contributed by atoms with Gasteiger partial charge in [-0.1, -0.05) is 43.8 Å². The van der Waals surface area contributed by atoms with E-state index in [1.807, 2.05) is 13.8 Å². The van der Waals surface area contributed by atoms with Crippen molar-refractivity contribution in [1.29, 1.82) is 0 Å². The van der Waals surface area contributed by atoms with Crippen molar-refractivity contribution in [1.82, 2.24) is 9.88 Å². The van der Waals surface area contributed by atoms with Crippen LogP contribution in [0, 0.1) is 0 Å². The minimum Gasteiger partial charge on any atom is -0.488 e. The first-order valence-electron chi connectivity index (χ1n) is 12.5. The van der Waals surface area contributed by atoms with Crippen molar-refractivity contribution in [3.63, 3.8) is 0 Å². The third kappa shape index (κ3) is 8.27. The second-order valence-corrected chi connectivity index (χ2v) is 9.83. The van der Waals surface area contributed by atoms with Crippen molar-refractivity contribution in [2.24, 2.45) is 0 Å². The second kappa shape index (κ2) is 13.7. The van der Waals surface area contributed by atoms with Crippen LogP contribution in [0.25, 0.3) is 6.08 Å². The number of ether oxygens (including phenoxy) is 1. The summed E-state index contributed by atoms with van der Waals surface area (Å²) in [6, 6.07) is 11.5. The quantitative estimate of drug-likeness (QED) is 0.168. The first kappa shape index (κ1) is 31.1. The third-order valence-electron chi connectivity index (χ3n) is 5.68. The first-order chi connectivity index (χ1) is 19.0. The number of pyridine rings is 1. The molecule has 40 heavy (non-hydrogen) atoms. The van der Waals surface area contributed by atoms with Gasteiger partial charge in [0.1, 0.15) is 12.4 Å². The summed E-state index contributed by atoms with van der Waals surface area (Å²) in [5, 5.41) is 0. The number of hydrogen-bond acceptors (Lipinski definition) is 4. The van der Waals surface area contributed by atoms with E-state index in [0.29, 0.717) is 37.7 Å². The number of benzene rings is 2. The van der Waals surface area contributed by atoms with Crippen molar-refractivity contribution < 1.29 is 35.9 Å². The lowest BCUT2D eigenvalue weighted by Gasteiger charge is -2.22. The molecule has 0 bridgehead atoms. The number of nitrogens with zero attached hydrogens (tertiary/aromatic N) is 2. The van der Waals surface area contributed by atoms with Crippen LogP contribution in [0.3, 0.4) is 0 Å². The standard InChI is InChI=1S/C29H28F6N2O2S/c1-3-17-37(18-4-2)25(38)12-10-21-9-11-24(27(29(33,34)35)26(21)28(30,31)32)40-23-8-6-5-7-22(23)39-19-20-13-15-36-16-14-20/h5-16H,3-4,17-19H2,1-2H3/b12-10+. The molecule has 0 unspecified atom stereocenters. The smallest absolute Gasteiger partial charge is 0.418 e. The van der Waals surface area contributed by atoms with Crippen LogP contribution in [0.5, 0.6) is 5.75 Å². The number of aromatic nitrogens is 1. The van der Waals surface area contributed by atoms with Crippen molar-refractivity contribution in [3.8, 4) is 5.75 Å². The zero-order chi connectivity index (χ0) is 29.3. The van der Waals surface area contributed by atoms with E-state index in [9.17, 15) is 31.1 Å². The number of hydrogen-bond donors (Lipinski definition) is 0. The average molecular weight is 583 g/mol. The van der Waals surface area contributed by atoms with E-state index < -0.39 is 39.8 Å². The molecular weight excluding hydrogens is 554 g/mol. The van der Waals surface area contributed by atoms with E-state index in [2.05, 4.69) is 4.98 Å². The van der Waals surface area contributed by atoms with Gasteiger partial charge in [-0.15, -0.1) is 0 Å². The van der Waals surface area contributed by atoms with Gasteiger partial charge >= 0.3 is 12.4 Å². The Hall–Kier alpha value is -3.47. The zero-order valence-electron chi connectivity index (χ0n) is 21.9. The molecule has 1 amide bonds. The number of carbonyl (C=O) groups excluding carboxylic acids is 1. The van der Waals surface area contributed by atoms with Gasteiger partial charge in [0.15, 0.2) is 0 Å². The Morgan fingerprint density at radius 2 is 1.50 bits per heavy atom. The molecule has 0 spiro atoms. The highest BCUT2D eigenvalue weighted by Gasteiger charge is 2.46. The summed E-state index contributed by atoms with van der Waals surface area (Å²) in [6.07, 6.45) is -4.59. The number of amides is 1. The maximum absolute atomic E-state index is 14.3. The highest BCUT2D eigenvalue weighted by Crippen LogP contribution is 2.49. The van der Waals surface area contributed by atoms with E-state index in [0.717, 1.165) is 29.8 Å². The lowest BCUT2D eigenvalue weighted by atomic mass is 9.99. The van der Waals surface area contributed by atoms with Crippen molar-refractivity contribution >= 4 is 23.7 Å². The summed E-state index contributed by atoms with van der Waals surface area (Å²) in [7, 11) is 0. The molecule has 1 aromatic heterocycles. The van der Waals surface area contributed by atoms with Crippen LogP contribution in [-0.2, 0) is 23.8 Å². The molecule has 0 radical (unpaired) electrons. The lowest BCUT2D eigenvalue weighted by molar-refractivity contribution is -0.163. The average Bonchev–Trinajstić information content (AvgIpc) is 2.90. The zero-order valence-corrected chi connectivity index (χ0v) is 22.7. The second-order valence-electron chi connectivity index (χ2n) is 8.75. The molecule has 214 valence electrons. The molecule has 0 fully saturated rings. The Kier molecular flexibility index (Phi) is 10.7. The monoisotopic (exact) mass is 582 g/mol. The maximum atomic E-state index is 14.3. The van der Waals surface area contributed by atoms with Gasteiger partial charge < -0.3 is 9.64 Å². The summed E-state index contributed by atoms with van der Waals surface area (Å²) >= 11 is 0.528. The summed E-state index contributed by atoms with van der Waals surface area (Å²) in [4.78, 5) is 17.5. The fourth-order valence-corrected chi connectivity index (χ4v) is 5.03. The Bertz CT molecular complexity index is 1300. The molecule has 0 atom stereocenters. The predicted octanol–water partition coefficient (Wildman–Crippen LogP) is 8.51. The van der Waals surface area contributed by atoms with Crippen molar-refractivity contribution in [2.75, 3.05) is 13.1 Å². The van der Waals surface area contributed by atoms with Crippen LogP contribution in [-0.4, -0.2) is 28.9 Å². The van der Waals surface area contributed by atoms with Gasteiger partial charge in [-0.25, -0.2) is 0 Å². The summed E-state index contributed by atoms with van der Waals surface area (Å²) in [5.74, 6) is -0.350. The number of halogens is 6. The maximum Gasteiger partial charge on any atom is 0.418 e.